The van der Waals surface area contributed by atoms with Crippen LogP contribution in [0.2, 0.25) is 0 Å². The summed E-state index contributed by atoms with van der Waals surface area (Å²) < 4.78 is 18.6. The maximum atomic E-state index is 13.2. The van der Waals surface area contributed by atoms with Crippen molar-refractivity contribution in [2.75, 3.05) is 0 Å². The van der Waals surface area contributed by atoms with Gasteiger partial charge >= 0.3 is 0 Å². The molecule has 0 saturated carbocycles. The quantitative estimate of drug-likeness (QED) is 0.765. The number of aryl methyl sites for hydroxylation is 1. The minimum Gasteiger partial charge on any atom is -0.360 e. The summed E-state index contributed by atoms with van der Waals surface area (Å²) in [6.45, 7) is 0. The first-order valence-corrected chi connectivity index (χ1v) is 8.25. The molecule has 25 heavy (non-hydrogen) atoms. The normalized spacial score (nSPS) is 14.8. The lowest BCUT2D eigenvalue weighted by Crippen LogP contribution is -2.31. The van der Waals surface area contributed by atoms with Crippen molar-refractivity contribution in [2.45, 2.75) is 31.7 Å². The predicted octanol–water partition coefficient (Wildman–Crippen LogP) is 2.94. The molecule has 1 aromatic carbocycles. The third kappa shape index (κ3) is 3.05. The Morgan fingerprint density at radius 1 is 1.24 bits per heavy atom. The van der Waals surface area contributed by atoms with Crippen LogP contribution in [-0.4, -0.2) is 21.0 Å². The first-order valence-electron chi connectivity index (χ1n) is 8.25. The molecule has 1 atom stereocenters. The number of halogens is 1. The second-order valence-electron chi connectivity index (χ2n) is 6.07. The fourth-order valence-corrected chi connectivity index (χ4v) is 3.16. The number of hydrogen-bond donors (Lipinski definition) is 2. The molecule has 2 heterocycles. The van der Waals surface area contributed by atoms with E-state index in [1.54, 1.807) is 24.5 Å². The fourth-order valence-electron chi connectivity index (χ4n) is 3.16. The van der Waals surface area contributed by atoms with Gasteiger partial charge in [-0.05, 0) is 37.0 Å². The van der Waals surface area contributed by atoms with E-state index < -0.39 is 6.04 Å². The third-order valence-electron chi connectivity index (χ3n) is 4.44. The van der Waals surface area contributed by atoms with Crippen LogP contribution in [-0.2, 0) is 12.8 Å². The Morgan fingerprint density at radius 2 is 2.04 bits per heavy atom. The molecule has 2 aromatic heterocycles. The van der Waals surface area contributed by atoms with Gasteiger partial charge in [-0.1, -0.05) is 17.3 Å². The summed E-state index contributed by atoms with van der Waals surface area (Å²) in [6, 6.07) is 5.44. The van der Waals surface area contributed by atoms with Gasteiger partial charge in [-0.15, -0.1) is 0 Å². The Bertz CT molecular complexity index is 871. The van der Waals surface area contributed by atoms with Gasteiger partial charge in [0.15, 0.2) is 5.69 Å². The number of aromatic amines is 1. The zero-order valence-corrected chi connectivity index (χ0v) is 13.5. The van der Waals surface area contributed by atoms with Gasteiger partial charge in [-0.3, -0.25) is 4.79 Å². The Labute approximate surface area is 143 Å². The van der Waals surface area contributed by atoms with Crippen molar-refractivity contribution >= 4 is 5.91 Å². The Morgan fingerprint density at radius 3 is 2.80 bits per heavy atom. The van der Waals surface area contributed by atoms with E-state index in [1.165, 1.54) is 12.1 Å². The predicted molar refractivity (Wildman–Crippen MR) is 87.4 cm³/mol. The lowest BCUT2D eigenvalue weighted by atomic mass is 9.96. The van der Waals surface area contributed by atoms with Crippen molar-refractivity contribution in [3.05, 3.63) is 70.9 Å². The monoisotopic (exact) mass is 340 g/mol. The van der Waals surface area contributed by atoms with Crippen LogP contribution in [0.15, 0.2) is 41.2 Å². The van der Waals surface area contributed by atoms with E-state index in [0.717, 1.165) is 42.6 Å². The summed E-state index contributed by atoms with van der Waals surface area (Å²) in [6.07, 6.45) is 6.96. The smallest absolute Gasteiger partial charge is 0.274 e. The lowest BCUT2D eigenvalue weighted by molar-refractivity contribution is 0.0931. The van der Waals surface area contributed by atoms with Crippen molar-refractivity contribution in [2.24, 2.45) is 0 Å². The molecular formula is C18H17FN4O2. The van der Waals surface area contributed by atoms with Crippen molar-refractivity contribution in [1.29, 1.82) is 0 Å². The van der Waals surface area contributed by atoms with Gasteiger partial charge in [0.1, 0.15) is 23.4 Å². The van der Waals surface area contributed by atoms with Gasteiger partial charge in [0.25, 0.3) is 5.91 Å². The highest BCUT2D eigenvalue weighted by Gasteiger charge is 2.27. The van der Waals surface area contributed by atoms with Gasteiger partial charge in [0.2, 0.25) is 0 Å². The molecule has 1 aliphatic rings. The van der Waals surface area contributed by atoms with Gasteiger partial charge in [0.05, 0.1) is 0 Å². The van der Waals surface area contributed by atoms with Crippen molar-refractivity contribution in [1.82, 2.24) is 20.4 Å². The minimum absolute atomic E-state index is 0.322. The van der Waals surface area contributed by atoms with Crippen molar-refractivity contribution in [3.8, 4) is 0 Å². The molecule has 0 fully saturated rings. The highest BCUT2D eigenvalue weighted by Crippen LogP contribution is 2.25. The minimum atomic E-state index is -0.529. The first-order chi connectivity index (χ1) is 12.2. The fraction of sp³-hybridized carbons (Fsp3) is 0.278. The number of hydrogen-bond acceptors (Lipinski definition) is 4. The number of fused-ring (bicyclic) bond motifs is 1. The maximum Gasteiger partial charge on any atom is 0.274 e. The average molecular weight is 340 g/mol. The zero-order chi connectivity index (χ0) is 17.2. The van der Waals surface area contributed by atoms with Crippen LogP contribution in [0.1, 0.15) is 52.1 Å². The van der Waals surface area contributed by atoms with Gasteiger partial charge in [-0.25, -0.2) is 9.37 Å². The number of carbonyl (C=O) groups is 1. The molecule has 2 N–H and O–H groups in total. The Hall–Kier alpha value is -2.96. The summed E-state index contributed by atoms with van der Waals surface area (Å²) in [7, 11) is 0. The van der Waals surface area contributed by atoms with Crippen molar-refractivity contribution in [3.63, 3.8) is 0 Å². The number of carbonyl (C=O) groups excluding carboxylic acids is 1. The molecule has 4 rings (SSSR count). The van der Waals surface area contributed by atoms with Gasteiger partial charge in [-0.2, -0.15) is 0 Å². The van der Waals surface area contributed by atoms with Crippen molar-refractivity contribution < 1.29 is 13.7 Å². The molecule has 0 aliphatic heterocycles. The van der Waals surface area contributed by atoms with E-state index in [-0.39, 0.29) is 11.7 Å². The number of benzene rings is 1. The van der Waals surface area contributed by atoms with Crippen LogP contribution in [0.5, 0.6) is 0 Å². The molecule has 7 heteroatoms. The van der Waals surface area contributed by atoms with Gasteiger partial charge in [0, 0.05) is 24.4 Å². The molecule has 1 unspecified atom stereocenters. The molecule has 1 aliphatic carbocycles. The van der Waals surface area contributed by atoms with Crippen LogP contribution < -0.4 is 5.32 Å². The van der Waals surface area contributed by atoms with E-state index in [9.17, 15) is 9.18 Å². The number of nitrogens with zero attached hydrogens (tertiary/aromatic N) is 2. The molecule has 0 radical (unpaired) electrons. The molecule has 1 amide bonds. The second kappa shape index (κ2) is 6.51. The number of H-pyrrole nitrogens is 1. The standard InChI is InChI=1S/C18H17FN4O2/c19-12-7-5-11(6-8-12)15(17-20-9-10-21-17)22-18(24)16-13-3-1-2-4-14(13)25-23-16/h5-10,15H,1-4H2,(H,20,21)(H,22,24). The van der Waals surface area contributed by atoms with Crippen LogP contribution in [0, 0.1) is 5.82 Å². The molecule has 6 nitrogen and oxygen atoms in total. The topological polar surface area (TPSA) is 83.8 Å². The van der Waals surface area contributed by atoms with Crippen LogP contribution in [0.3, 0.4) is 0 Å². The summed E-state index contributed by atoms with van der Waals surface area (Å²) >= 11 is 0. The van der Waals surface area contributed by atoms with E-state index in [4.69, 9.17) is 4.52 Å². The molecular weight excluding hydrogens is 323 g/mol. The summed E-state index contributed by atoms with van der Waals surface area (Å²) in [5, 5.41) is 6.89. The first kappa shape index (κ1) is 15.6. The van der Waals surface area contributed by atoms with E-state index in [2.05, 4.69) is 20.4 Å². The molecule has 0 saturated heterocycles. The van der Waals surface area contributed by atoms with Crippen LogP contribution in [0.4, 0.5) is 4.39 Å². The highest BCUT2D eigenvalue weighted by atomic mass is 19.1. The van der Waals surface area contributed by atoms with Crippen LogP contribution in [0.25, 0.3) is 0 Å². The zero-order valence-electron chi connectivity index (χ0n) is 13.5. The number of rotatable bonds is 4. The average Bonchev–Trinajstić information content (AvgIpc) is 3.30. The third-order valence-corrected chi connectivity index (χ3v) is 4.44. The number of imidazole rings is 1. The van der Waals surface area contributed by atoms with Gasteiger partial charge < -0.3 is 14.8 Å². The Kier molecular flexibility index (Phi) is 4.05. The number of aromatic nitrogens is 3. The SMILES string of the molecule is O=C(NC(c1ccc(F)cc1)c1ncc[nH]1)c1noc2c1CCCC2. The highest BCUT2D eigenvalue weighted by molar-refractivity contribution is 5.94. The van der Waals surface area contributed by atoms with E-state index in [0.29, 0.717) is 11.5 Å². The largest absolute Gasteiger partial charge is 0.360 e. The number of amides is 1. The summed E-state index contributed by atoms with van der Waals surface area (Å²) in [4.78, 5) is 20.0. The number of nitrogens with one attached hydrogen (secondary N) is 2. The summed E-state index contributed by atoms with van der Waals surface area (Å²) in [5.74, 6) is 0.710. The second-order valence-corrected chi connectivity index (χ2v) is 6.07. The Balaban J connectivity index is 1.63. The molecule has 3 aromatic rings. The molecule has 0 spiro atoms. The van der Waals surface area contributed by atoms with E-state index in [1.807, 2.05) is 0 Å². The van der Waals surface area contributed by atoms with E-state index >= 15 is 0 Å². The molecule has 128 valence electrons. The maximum absolute atomic E-state index is 13.2. The lowest BCUT2D eigenvalue weighted by Gasteiger charge is -2.17. The van der Waals surface area contributed by atoms with Crippen LogP contribution >= 0.6 is 0 Å². The molecule has 0 bridgehead atoms. The summed E-state index contributed by atoms with van der Waals surface area (Å²) in [5.41, 5.74) is 1.94.